The van der Waals surface area contributed by atoms with Crippen molar-refractivity contribution < 1.29 is 4.74 Å². The lowest BCUT2D eigenvalue weighted by Crippen LogP contribution is -2.08. The molecule has 106 valence electrons. The molecule has 0 radical (unpaired) electrons. The van der Waals surface area contributed by atoms with Crippen LogP contribution < -0.4 is 15.4 Å². The molecule has 20 heavy (non-hydrogen) atoms. The van der Waals surface area contributed by atoms with Gasteiger partial charge in [-0.25, -0.2) is 0 Å². The van der Waals surface area contributed by atoms with E-state index in [1.165, 1.54) is 18.1 Å². The molecular weight excluding hydrogens is 269 g/mol. The molecule has 0 amide bonds. The van der Waals surface area contributed by atoms with E-state index in [4.69, 9.17) is 4.74 Å². The van der Waals surface area contributed by atoms with Crippen molar-refractivity contribution in [1.82, 2.24) is 9.78 Å². The van der Waals surface area contributed by atoms with Gasteiger partial charge >= 0.3 is 0 Å². The number of nitrogens with zero attached hydrogens (tertiary/aromatic N) is 2. The Kier molecular flexibility index (Phi) is 3.66. The summed E-state index contributed by atoms with van der Waals surface area (Å²) in [7, 11) is 4.63. The molecule has 1 atom stereocenters. The minimum absolute atomic E-state index is 0.545. The predicted molar refractivity (Wildman–Crippen MR) is 84.9 cm³/mol. The lowest BCUT2D eigenvalue weighted by atomic mass is 10.2. The summed E-state index contributed by atoms with van der Waals surface area (Å²) in [5.41, 5.74) is 3.34. The zero-order chi connectivity index (χ0) is 14.1. The Labute approximate surface area is 121 Å². The number of aromatic nitrogens is 2. The third kappa shape index (κ3) is 2.66. The average molecular weight is 289 g/mol. The molecule has 4 nitrogen and oxygen atoms in total. The lowest BCUT2D eigenvalue weighted by Gasteiger charge is -2.12. The van der Waals surface area contributed by atoms with Gasteiger partial charge in [0.25, 0.3) is 0 Å². The van der Waals surface area contributed by atoms with E-state index >= 15 is 0 Å². The Morgan fingerprint density at radius 3 is 2.90 bits per heavy atom. The second-order valence-corrected chi connectivity index (χ2v) is 5.91. The molecular formula is C15H20N3OP. The maximum absolute atomic E-state index is 5.99. The highest BCUT2D eigenvalue weighted by Gasteiger charge is 2.28. The third-order valence-electron chi connectivity index (χ3n) is 3.62. The smallest absolute Gasteiger partial charge is 0.132 e. The average Bonchev–Trinajstić information content (AvgIpc) is 3.19. The van der Waals surface area contributed by atoms with Crippen LogP contribution in [-0.2, 0) is 6.61 Å². The molecule has 3 rings (SSSR count). The van der Waals surface area contributed by atoms with E-state index in [0.717, 1.165) is 22.7 Å². The van der Waals surface area contributed by atoms with E-state index in [2.05, 4.69) is 37.3 Å². The number of aryl methyl sites for hydroxylation is 1. The van der Waals surface area contributed by atoms with E-state index in [1.54, 1.807) is 0 Å². The van der Waals surface area contributed by atoms with E-state index < -0.39 is 0 Å². The molecule has 5 heteroatoms. The zero-order valence-corrected chi connectivity index (χ0v) is 13.0. The summed E-state index contributed by atoms with van der Waals surface area (Å²) in [5, 5.41) is 8.84. The Balaban J connectivity index is 1.79. The fourth-order valence-electron chi connectivity index (χ4n) is 2.35. The highest BCUT2D eigenvalue weighted by molar-refractivity contribution is 7.27. The molecule has 1 aromatic carbocycles. The van der Waals surface area contributed by atoms with E-state index in [9.17, 15) is 0 Å². The summed E-state index contributed by atoms with van der Waals surface area (Å²) < 4.78 is 8.09. The van der Waals surface area contributed by atoms with Crippen LogP contribution in [0.3, 0.4) is 0 Å². The zero-order valence-electron chi connectivity index (χ0n) is 11.9. The summed E-state index contributed by atoms with van der Waals surface area (Å²) in [5.74, 6) is 0.932. The van der Waals surface area contributed by atoms with E-state index in [-0.39, 0.29) is 0 Å². The standard InChI is InChI=1S/C15H20N3OP/c1-10-7-12(20)5-6-15(10)19-9-14-13(16-2)8-17-18(14)11-3-4-11/h5-8,11,16H,3-4,9,20H2,1-2H3. The third-order valence-corrected chi connectivity index (χ3v) is 3.98. The highest BCUT2D eigenvalue weighted by Crippen LogP contribution is 2.37. The van der Waals surface area contributed by atoms with Crippen molar-refractivity contribution in [3.8, 4) is 5.75 Å². The van der Waals surface area contributed by atoms with Gasteiger partial charge in [0.15, 0.2) is 0 Å². The van der Waals surface area contributed by atoms with E-state index in [1.807, 2.05) is 25.4 Å². The van der Waals surface area contributed by atoms with Crippen molar-refractivity contribution in [2.75, 3.05) is 12.4 Å². The predicted octanol–water partition coefficient (Wildman–Crippen LogP) is 2.65. The Morgan fingerprint density at radius 1 is 1.45 bits per heavy atom. The quantitative estimate of drug-likeness (QED) is 0.860. The summed E-state index contributed by atoms with van der Waals surface area (Å²) in [4.78, 5) is 0. The maximum Gasteiger partial charge on any atom is 0.132 e. The molecule has 1 N–H and O–H groups in total. The number of ether oxygens (including phenoxy) is 1. The Bertz CT molecular complexity index is 620. The van der Waals surface area contributed by atoms with Gasteiger partial charge in [-0.3, -0.25) is 4.68 Å². The normalized spacial score (nSPS) is 14.3. The van der Waals surface area contributed by atoms with Crippen LogP contribution in [0.1, 0.15) is 30.1 Å². The van der Waals surface area contributed by atoms with Crippen LogP contribution in [0.4, 0.5) is 5.69 Å². The minimum atomic E-state index is 0.545. The first-order chi connectivity index (χ1) is 9.69. The van der Waals surface area contributed by atoms with Gasteiger partial charge in [-0.2, -0.15) is 5.10 Å². The second kappa shape index (κ2) is 5.45. The molecule has 0 aliphatic heterocycles. The number of nitrogens with one attached hydrogen (secondary N) is 1. The van der Waals surface area contributed by atoms with Gasteiger partial charge in [-0.05, 0) is 42.8 Å². The van der Waals surface area contributed by atoms with Gasteiger partial charge in [-0.15, -0.1) is 9.24 Å². The van der Waals surface area contributed by atoms with Crippen LogP contribution in [0.5, 0.6) is 5.75 Å². The molecule has 2 aromatic rings. The van der Waals surface area contributed by atoms with Gasteiger partial charge in [0.05, 0.1) is 23.6 Å². The highest BCUT2D eigenvalue weighted by atomic mass is 31.0. The number of hydrogen-bond donors (Lipinski definition) is 1. The van der Waals surface area contributed by atoms with Crippen molar-refractivity contribution in [3.05, 3.63) is 35.7 Å². The van der Waals surface area contributed by atoms with Crippen LogP contribution in [-0.4, -0.2) is 16.8 Å². The summed E-state index contributed by atoms with van der Waals surface area (Å²) in [6.07, 6.45) is 4.33. The molecule has 1 fully saturated rings. The second-order valence-electron chi connectivity index (χ2n) is 5.24. The van der Waals surface area contributed by atoms with Crippen molar-refractivity contribution >= 4 is 20.2 Å². The fourth-order valence-corrected chi connectivity index (χ4v) is 2.70. The first-order valence-corrected chi connectivity index (χ1v) is 7.50. The SMILES string of the molecule is CNc1cnn(C2CC2)c1COc1ccc(P)cc1C. The molecule has 0 spiro atoms. The van der Waals surface area contributed by atoms with Crippen molar-refractivity contribution in [1.29, 1.82) is 0 Å². The van der Waals surface area contributed by atoms with Gasteiger partial charge in [0, 0.05) is 7.05 Å². The van der Waals surface area contributed by atoms with Gasteiger partial charge < -0.3 is 10.1 Å². The lowest BCUT2D eigenvalue weighted by molar-refractivity contribution is 0.290. The molecule has 1 aliphatic carbocycles. The van der Waals surface area contributed by atoms with Crippen LogP contribution in [0.2, 0.25) is 0 Å². The van der Waals surface area contributed by atoms with Crippen LogP contribution in [0.25, 0.3) is 0 Å². The van der Waals surface area contributed by atoms with Crippen molar-refractivity contribution in [2.24, 2.45) is 0 Å². The molecule has 1 unspecified atom stereocenters. The number of benzene rings is 1. The summed E-state index contributed by atoms with van der Waals surface area (Å²) in [6.45, 7) is 2.61. The van der Waals surface area contributed by atoms with Crippen LogP contribution in [0.15, 0.2) is 24.4 Å². The summed E-state index contributed by atoms with van der Waals surface area (Å²) >= 11 is 0. The number of hydrogen-bond acceptors (Lipinski definition) is 3. The number of rotatable bonds is 5. The van der Waals surface area contributed by atoms with E-state index in [0.29, 0.717) is 12.6 Å². The largest absolute Gasteiger partial charge is 0.487 e. The Morgan fingerprint density at radius 2 is 2.25 bits per heavy atom. The molecule has 0 saturated heterocycles. The number of anilines is 1. The van der Waals surface area contributed by atoms with Gasteiger partial charge in [0.1, 0.15) is 12.4 Å². The van der Waals surface area contributed by atoms with Gasteiger partial charge in [0.2, 0.25) is 0 Å². The van der Waals surface area contributed by atoms with Crippen molar-refractivity contribution in [2.45, 2.75) is 32.4 Å². The monoisotopic (exact) mass is 289 g/mol. The fraction of sp³-hybridized carbons (Fsp3) is 0.400. The topological polar surface area (TPSA) is 39.1 Å². The Hall–Kier alpha value is -1.54. The molecule has 1 aromatic heterocycles. The van der Waals surface area contributed by atoms with Gasteiger partial charge in [-0.1, -0.05) is 6.07 Å². The molecule has 1 aliphatic rings. The van der Waals surface area contributed by atoms with Crippen molar-refractivity contribution in [3.63, 3.8) is 0 Å². The summed E-state index contributed by atoms with van der Waals surface area (Å²) in [6, 6.07) is 6.74. The first-order valence-electron chi connectivity index (χ1n) is 6.92. The molecule has 1 saturated carbocycles. The minimum Gasteiger partial charge on any atom is -0.487 e. The maximum atomic E-state index is 5.99. The van der Waals surface area contributed by atoms with Crippen LogP contribution >= 0.6 is 9.24 Å². The molecule has 0 bridgehead atoms. The first kappa shape index (κ1) is 13.4. The molecule has 1 heterocycles. The van der Waals surface area contributed by atoms with Crippen LogP contribution in [0, 0.1) is 6.92 Å².